The number of amides is 2. The van der Waals surface area contributed by atoms with E-state index >= 15 is 0 Å². The summed E-state index contributed by atoms with van der Waals surface area (Å²) in [5.41, 5.74) is 3.57. The van der Waals surface area contributed by atoms with Gasteiger partial charge in [0.25, 0.3) is 0 Å². The molecule has 2 aliphatic heterocycles. The van der Waals surface area contributed by atoms with Crippen LogP contribution in [-0.2, 0) is 22.6 Å². The second-order valence-corrected chi connectivity index (χ2v) is 7.30. The van der Waals surface area contributed by atoms with Crippen LogP contribution in [0.25, 0.3) is 0 Å². The lowest BCUT2D eigenvalue weighted by molar-refractivity contribution is -0.144. The molecule has 2 unspecified atom stereocenters. The number of hydrogen-bond acceptors (Lipinski definition) is 3. The minimum absolute atomic E-state index is 0. The van der Waals surface area contributed by atoms with Crippen molar-refractivity contribution in [1.29, 1.82) is 0 Å². The van der Waals surface area contributed by atoms with Crippen molar-refractivity contribution in [3.63, 3.8) is 0 Å². The number of carbonyl (C=O) groups is 2. The molecule has 3 rings (SSSR count). The summed E-state index contributed by atoms with van der Waals surface area (Å²) < 4.78 is 0. The predicted octanol–water partition coefficient (Wildman–Crippen LogP) is 2.44. The first-order chi connectivity index (χ1) is 12.6. The van der Waals surface area contributed by atoms with E-state index in [1.165, 1.54) is 11.1 Å². The van der Waals surface area contributed by atoms with Gasteiger partial charge in [-0.1, -0.05) is 49.8 Å². The zero-order valence-corrected chi connectivity index (χ0v) is 17.0. The number of nitrogens with one attached hydrogen (secondary N) is 2. The zero-order chi connectivity index (χ0) is 18.5. The highest BCUT2D eigenvalue weighted by Gasteiger charge is 2.35. The molecular weight excluding hydrogens is 362 g/mol. The summed E-state index contributed by atoms with van der Waals surface area (Å²) in [7, 11) is 0. The van der Waals surface area contributed by atoms with Crippen molar-refractivity contribution in [1.82, 2.24) is 15.5 Å². The van der Waals surface area contributed by atoms with Gasteiger partial charge in [-0.15, -0.1) is 12.4 Å². The van der Waals surface area contributed by atoms with Gasteiger partial charge >= 0.3 is 0 Å². The Hall–Kier alpha value is -1.85. The predicted molar refractivity (Wildman–Crippen MR) is 110 cm³/mol. The first-order valence-corrected chi connectivity index (χ1v) is 9.63. The fourth-order valence-electron chi connectivity index (χ4n) is 3.60. The highest BCUT2D eigenvalue weighted by atomic mass is 35.5. The number of rotatable bonds is 5. The van der Waals surface area contributed by atoms with E-state index in [4.69, 9.17) is 0 Å². The molecule has 5 nitrogen and oxygen atoms in total. The van der Waals surface area contributed by atoms with Crippen LogP contribution >= 0.6 is 12.4 Å². The van der Waals surface area contributed by atoms with Gasteiger partial charge in [0.05, 0.1) is 0 Å². The molecule has 2 aliphatic rings. The maximum atomic E-state index is 12.9. The van der Waals surface area contributed by atoms with Gasteiger partial charge in [0.15, 0.2) is 0 Å². The molecule has 0 saturated heterocycles. The fraction of sp³-hybridized carbons (Fsp3) is 0.524. The monoisotopic (exact) mass is 391 g/mol. The topological polar surface area (TPSA) is 61.4 Å². The van der Waals surface area contributed by atoms with Crippen LogP contribution in [0.2, 0.25) is 0 Å². The van der Waals surface area contributed by atoms with Crippen molar-refractivity contribution < 1.29 is 9.59 Å². The van der Waals surface area contributed by atoms with E-state index in [1.54, 1.807) is 4.90 Å². The Morgan fingerprint density at radius 2 is 2.04 bits per heavy atom. The maximum Gasteiger partial charge on any atom is 0.243 e. The van der Waals surface area contributed by atoms with Gasteiger partial charge in [0.1, 0.15) is 6.04 Å². The molecule has 2 atom stereocenters. The Morgan fingerprint density at radius 1 is 1.30 bits per heavy atom. The van der Waals surface area contributed by atoms with Crippen LogP contribution in [0.4, 0.5) is 0 Å². The van der Waals surface area contributed by atoms with E-state index < -0.39 is 6.04 Å². The van der Waals surface area contributed by atoms with Crippen molar-refractivity contribution in [2.45, 2.75) is 45.7 Å². The molecule has 1 aromatic carbocycles. The molecule has 2 N–H and O–H groups in total. The summed E-state index contributed by atoms with van der Waals surface area (Å²) in [6, 6.07) is 7.69. The summed E-state index contributed by atoms with van der Waals surface area (Å²) in [6.45, 7) is 6.86. The molecule has 2 amide bonds. The van der Waals surface area contributed by atoms with E-state index in [1.807, 2.05) is 26.0 Å². The highest BCUT2D eigenvalue weighted by molar-refractivity contribution is 5.89. The molecule has 2 heterocycles. The first kappa shape index (κ1) is 21.5. The number of hydrogen-bond donors (Lipinski definition) is 2. The van der Waals surface area contributed by atoms with Gasteiger partial charge in [-0.3, -0.25) is 9.59 Å². The standard InChI is InChI=1S/C21H29N3O2.ClH/c1-3-15(2)21(26)24-14-18-7-5-4-6-17(18)12-19(24)20(25)23-13-16-8-10-22-11-9-16;/h4-8,15,19,22H,3,9-14H2,1-2H3,(H,23,25);1H. The highest BCUT2D eigenvalue weighted by Crippen LogP contribution is 2.25. The van der Waals surface area contributed by atoms with Crippen molar-refractivity contribution in [2.75, 3.05) is 19.6 Å². The van der Waals surface area contributed by atoms with Gasteiger partial charge in [-0.2, -0.15) is 0 Å². The van der Waals surface area contributed by atoms with Crippen LogP contribution in [-0.4, -0.2) is 42.4 Å². The summed E-state index contributed by atoms with van der Waals surface area (Å²) in [4.78, 5) is 27.6. The average Bonchev–Trinajstić information content (AvgIpc) is 2.70. The number of carbonyl (C=O) groups excluding carboxylic acids is 2. The lowest BCUT2D eigenvalue weighted by atomic mass is 9.92. The molecule has 0 spiro atoms. The molecule has 0 radical (unpaired) electrons. The van der Waals surface area contributed by atoms with Crippen LogP contribution in [0.5, 0.6) is 0 Å². The summed E-state index contributed by atoms with van der Waals surface area (Å²) in [5, 5.41) is 6.34. The Bertz CT molecular complexity index is 704. The van der Waals surface area contributed by atoms with E-state index in [0.717, 1.165) is 31.5 Å². The molecule has 6 heteroatoms. The lowest BCUT2D eigenvalue weighted by Gasteiger charge is -2.37. The minimum Gasteiger partial charge on any atom is -0.351 e. The maximum absolute atomic E-state index is 12.9. The van der Waals surface area contributed by atoms with E-state index in [0.29, 0.717) is 19.5 Å². The van der Waals surface area contributed by atoms with Gasteiger partial charge in [0, 0.05) is 32.0 Å². The van der Waals surface area contributed by atoms with Crippen LogP contribution in [0.1, 0.15) is 37.8 Å². The Morgan fingerprint density at radius 3 is 2.70 bits per heavy atom. The largest absolute Gasteiger partial charge is 0.351 e. The van der Waals surface area contributed by atoms with Gasteiger partial charge in [0.2, 0.25) is 11.8 Å². The molecule has 148 valence electrons. The SMILES string of the molecule is CCC(C)C(=O)N1Cc2ccccc2CC1C(=O)NCC1=CCNCC1.Cl. The summed E-state index contributed by atoms with van der Waals surface area (Å²) >= 11 is 0. The molecule has 1 aromatic rings. The number of halogens is 1. The van der Waals surface area contributed by atoms with Crippen LogP contribution < -0.4 is 10.6 Å². The summed E-state index contributed by atoms with van der Waals surface area (Å²) in [5.74, 6) is -0.0403. The lowest BCUT2D eigenvalue weighted by Crippen LogP contribution is -2.54. The Balaban J connectivity index is 0.00000261. The summed E-state index contributed by atoms with van der Waals surface area (Å²) in [6.07, 6.45) is 4.47. The van der Waals surface area contributed by atoms with E-state index in [9.17, 15) is 9.59 Å². The number of benzene rings is 1. The van der Waals surface area contributed by atoms with Crippen LogP contribution in [0, 0.1) is 5.92 Å². The van der Waals surface area contributed by atoms with Crippen molar-refractivity contribution in [3.8, 4) is 0 Å². The second-order valence-electron chi connectivity index (χ2n) is 7.30. The Kier molecular flexibility index (Phi) is 7.87. The molecule has 0 fully saturated rings. The van der Waals surface area contributed by atoms with Crippen molar-refractivity contribution in [3.05, 3.63) is 47.0 Å². The second kappa shape index (κ2) is 9.90. The third kappa shape index (κ3) is 5.11. The third-order valence-electron chi connectivity index (χ3n) is 5.52. The fourth-order valence-corrected chi connectivity index (χ4v) is 3.60. The van der Waals surface area contributed by atoms with Gasteiger partial charge in [-0.05, 0) is 30.5 Å². The first-order valence-electron chi connectivity index (χ1n) is 9.63. The Labute approximate surface area is 168 Å². The molecule has 0 saturated carbocycles. The zero-order valence-electron chi connectivity index (χ0n) is 16.2. The van der Waals surface area contributed by atoms with E-state index in [-0.39, 0.29) is 30.1 Å². The number of nitrogens with zero attached hydrogens (tertiary/aromatic N) is 1. The van der Waals surface area contributed by atoms with Gasteiger partial charge < -0.3 is 15.5 Å². The van der Waals surface area contributed by atoms with Crippen molar-refractivity contribution >= 4 is 24.2 Å². The third-order valence-corrected chi connectivity index (χ3v) is 5.52. The molecule has 27 heavy (non-hydrogen) atoms. The molecule has 0 aliphatic carbocycles. The average molecular weight is 392 g/mol. The van der Waals surface area contributed by atoms with Crippen LogP contribution in [0.3, 0.4) is 0 Å². The normalized spacial score (nSPS) is 20.0. The van der Waals surface area contributed by atoms with Crippen molar-refractivity contribution in [2.24, 2.45) is 5.92 Å². The number of fused-ring (bicyclic) bond motifs is 1. The smallest absolute Gasteiger partial charge is 0.243 e. The quantitative estimate of drug-likeness (QED) is 0.758. The van der Waals surface area contributed by atoms with Crippen LogP contribution in [0.15, 0.2) is 35.9 Å². The van der Waals surface area contributed by atoms with E-state index in [2.05, 4.69) is 28.8 Å². The molecule has 0 aromatic heterocycles. The molecule has 0 bridgehead atoms. The van der Waals surface area contributed by atoms with Gasteiger partial charge in [-0.25, -0.2) is 0 Å². The minimum atomic E-state index is -0.422. The molecular formula is C21H30ClN3O2.